The van der Waals surface area contributed by atoms with E-state index in [9.17, 15) is 24.3 Å². The van der Waals surface area contributed by atoms with Crippen LogP contribution in [0.5, 0.6) is 0 Å². The van der Waals surface area contributed by atoms with Crippen molar-refractivity contribution < 1.29 is 24.3 Å². The average Bonchev–Trinajstić information content (AvgIpc) is 3.31. The molecule has 4 unspecified atom stereocenters. The number of aliphatic carboxylic acids is 1. The zero-order valence-electron chi connectivity index (χ0n) is 20.1. The molecule has 0 aromatic carbocycles. The molecule has 9 N–H and O–H groups in total. The van der Waals surface area contributed by atoms with Crippen molar-refractivity contribution in [3.8, 4) is 0 Å². The molecule has 34 heavy (non-hydrogen) atoms. The van der Waals surface area contributed by atoms with Gasteiger partial charge in [-0.3, -0.25) is 19.4 Å². The molecule has 0 saturated carbocycles. The van der Waals surface area contributed by atoms with E-state index in [1.54, 1.807) is 13.8 Å². The Morgan fingerprint density at radius 3 is 2.29 bits per heavy atom. The molecule has 0 radical (unpaired) electrons. The third kappa shape index (κ3) is 10.6. The van der Waals surface area contributed by atoms with Gasteiger partial charge in [-0.2, -0.15) is 11.8 Å². The molecular formula is C21H39N7O5S. The van der Waals surface area contributed by atoms with Crippen LogP contribution < -0.4 is 32.7 Å². The highest BCUT2D eigenvalue weighted by Crippen LogP contribution is 2.10. The molecule has 0 aliphatic carbocycles. The largest absolute Gasteiger partial charge is 0.480 e. The summed E-state index contributed by atoms with van der Waals surface area (Å²) in [6, 6.07) is -3.29. The molecule has 0 aromatic heterocycles. The monoisotopic (exact) mass is 501 g/mol. The molecule has 0 aromatic rings. The van der Waals surface area contributed by atoms with E-state index in [-0.39, 0.29) is 43.2 Å². The number of rotatable bonds is 15. The number of amides is 3. The summed E-state index contributed by atoms with van der Waals surface area (Å²) in [5, 5.41) is 20.5. The first-order valence-corrected chi connectivity index (χ1v) is 12.9. The van der Waals surface area contributed by atoms with Crippen LogP contribution in [-0.4, -0.2) is 84.0 Å². The van der Waals surface area contributed by atoms with Gasteiger partial charge in [-0.25, -0.2) is 4.79 Å². The Kier molecular flexibility index (Phi) is 13.3. The smallest absolute Gasteiger partial charge is 0.326 e. The number of carboxylic acid groups (broad SMARTS) is 1. The third-order valence-electron chi connectivity index (χ3n) is 5.43. The maximum Gasteiger partial charge on any atom is 0.326 e. The van der Waals surface area contributed by atoms with E-state index in [1.807, 2.05) is 6.26 Å². The SMILES string of the molecule is CSCCC(NC(=O)C(CCCN=C(N)N)NC(=O)C(NC(=O)C1CCCN1)C(C)C)C(=O)O. The highest BCUT2D eigenvalue weighted by atomic mass is 32.2. The van der Waals surface area contributed by atoms with Gasteiger partial charge in [-0.1, -0.05) is 13.8 Å². The predicted molar refractivity (Wildman–Crippen MR) is 132 cm³/mol. The minimum atomic E-state index is -1.15. The van der Waals surface area contributed by atoms with Gasteiger partial charge in [0.2, 0.25) is 17.7 Å². The highest BCUT2D eigenvalue weighted by Gasteiger charge is 2.32. The van der Waals surface area contributed by atoms with Crippen LogP contribution in [0.1, 0.15) is 46.0 Å². The van der Waals surface area contributed by atoms with Crippen molar-refractivity contribution in [2.75, 3.05) is 25.1 Å². The summed E-state index contributed by atoms with van der Waals surface area (Å²) in [5.41, 5.74) is 10.7. The van der Waals surface area contributed by atoms with Gasteiger partial charge < -0.3 is 37.8 Å². The summed E-state index contributed by atoms with van der Waals surface area (Å²) in [6.07, 6.45) is 4.23. The first-order chi connectivity index (χ1) is 16.1. The van der Waals surface area contributed by atoms with Crippen LogP contribution in [0.4, 0.5) is 0 Å². The van der Waals surface area contributed by atoms with E-state index in [1.165, 1.54) is 11.8 Å². The summed E-state index contributed by atoms with van der Waals surface area (Å²) in [5.74, 6) is -2.31. The fourth-order valence-corrected chi connectivity index (χ4v) is 3.97. The van der Waals surface area contributed by atoms with Crippen molar-refractivity contribution >= 4 is 41.4 Å². The normalized spacial score (nSPS) is 17.9. The van der Waals surface area contributed by atoms with Gasteiger partial charge in [0.25, 0.3) is 0 Å². The van der Waals surface area contributed by atoms with Crippen LogP contribution in [0.2, 0.25) is 0 Å². The third-order valence-corrected chi connectivity index (χ3v) is 6.07. The number of nitrogens with zero attached hydrogens (tertiary/aromatic N) is 1. The molecule has 1 rings (SSSR count). The fraction of sp³-hybridized carbons (Fsp3) is 0.762. The fourth-order valence-electron chi connectivity index (χ4n) is 3.50. The number of carbonyl (C=O) groups is 4. The summed E-state index contributed by atoms with van der Waals surface area (Å²) in [6.45, 7) is 4.58. The van der Waals surface area contributed by atoms with Crippen LogP contribution >= 0.6 is 11.8 Å². The number of thioether (sulfide) groups is 1. The molecule has 12 nitrogen and oxygen atoms in total. The van der Waals surface area contributed by atoms with Gasteiger partial charge >= 0.3 is 5.97 Å². The lowest BCUT2D eigenvalue weighted by Crippen LogP contribution is -2.58. The Morgan fingerprint density at radius 1 is 1.09 bits per heavy atom. The number of guanidine groups is 1. The second kappa shape index (κ2) is 15.4. The average molecular weight is 502 g/mol. The van der Waals surface area contributed by atoms with Crippen molar-refractivity contribution in [2.24, 2.45) is 22.4 Å². The van der Waals surface area contributed by atoms with Gasteiger partial charge in [-0.15, -0.1) is 0 Å². The summed E-state index contributed by atoms with van der Waals surface area (Å²) >= 11 is 1.47. The molecule has 0 spiro atoms. The minimum Gasteiger partial charge on any atom is -0.480 e. The van der Waals surface area contributed by atoms with Crippen molar-refractivity contribution in [2.45, 2.75) is 70.1 Å². The van der Waals surface area contributed by atoms with Crippen LogP contribution in [0.3, 0.4) is 0 Å². The van der Waals surface area contributed by atoms with Crippen molar-refractivity contribution in [1.82, 2.24) is 21.3 Å². The minimum absolute atomic E-state index is 0.0869. The maximum atomic E-state index is 13.1. The Balaban J connectivity index is 2.91. The van der Waals surface area contributed by atoms with E-state index < -0.39 is 35.9 Å². The quantitative estimate of drug-likeness (QED) is 0.0812. The van der Waals surface area contributed by atoms with E-state index in [0.29, 0.717) is 18.6 Å². The standard InChI is InChI=1S/C21H39N7O5S/c1-12(2)16(28-17(29)13-6-4-9-24-13)19(31)26-14(7-5-10-25-21(22)23)18(30)27-15(20(32)33)8-11-34-3/h12-16,24H,4-11H2,1-3H3,(H,26,31)(H,27,30)(H,28,29)(H,32,33)(H4,22,23,25). The Hall–Kier alpha value is -2.54. The van der Waals surface area contributed by atoms with Gasteiger partial charge in [0.1, 0.15) is 18.1 Å². The lowest BCUT2D eigenvalue weighted by molar-refractivity contribution is -0.142. The number of hydrogen-bond donors (Lipinski definition) is 7. The summed E-state index contributed by atoms with van der Waals surface area (Å²) < 4.78 is 0. The molecule has 4 atom stereocenters. The first-order valence-electron chi connectivity index (χ1n) is 11.5. The highest BCUT2D eigenvalue weighted by molar-refractivity contribution is 7.98. The van der Waals surface area contributed by atoms with Gasteiger partial charge in [0, 0.05) is 6.54 Å². The predicted octanol–water partition coefficient (Wildman–Crippen LogP) is -1.26. The van der Waals surface area contributed by atoms with Crippen LogP contribution in [0, 0.1) is 5.92 Å². The number of nitrogens with two attached hydrogens (primary N) is 2. The number of hydrogen-bond acceptors (Lipinski definition) is 7. The molecular weight excluding hydrogens is 462 g/mol. The van der Waals surface area contributed by atoms with Crippen molar-refractivity contribution in [3.05, 3.63) is 0 Å². The second-order valence-corrected chi connectivity index (χ2v) is 9.56. The molecule has 1 fully saturated rings. The first kappa shape index (κ1) is 29.5. The zero-order valence-corrected chi connectivity index (χ0v) is 21.0. The zero-order chi connectivity index (χ0) is 25.7. The van der Waals surface area contributed by atoms with Gasteiger partial charge in [0.05, 0.1) is 6.04 Å². The number of carboxylic acids is 1. The van der Waals surface area contributed by atoms with E-state index in [2.05, 4.69) is 26.3 Å². The van der Waals surface area contributed by atoms with E-state index >= 15 is 0 Å². The Labute approximate surface area is 204 Å². The molecule has 1 aliphatic rings. The molecule has 1 aliphatic heterocycles. The molecule has 0 bridgehead atoms. The molecule has 194 valence electrons. The molecule has 13 heteroatoms. The van der Waals surface area contributed by atoms with Crippen LogP contribution in [0.15, 0.2) is 4.99 Å². The van der Waals surface area contributed by atoms with Crippen molar-refractivity contribution in [3.63, 3.8) is 0 Å². The number of aliphatic imine (C=N–C) groups is 1. The summed E-state index contributed by atoms with van der Waals surface area (Å²) in [7, 11) is 0. The van der Waals surface area contributed by atoms with Gasteiger partial charge in [-0.05, 0) is 56.6 Å². The van der Waals surface area contributed by atoms with Crippen LogP contribution in [-0.2, 0) is 19.2 Å². The van der Waals surface area contributed by atoms with Gasteiger partial charge in [0.15, 0.2) is 5.96 Å². The van der Waals surface area contributed by atoms with Crippen molar-refractivity contribution in [1.29, 1.82) is 0 Å². The lowest BCUT2D eigenvalue weighted by atomic mass is 10.0. The van der Waals surface area contributed by atoms with Crippen LogP contribution in [0.25, 0.3) is 0 Å². The van der Waals surface area contributed by atoms with E-state index in [0.717, 1.165) is 13.0 Å². The maximum absolute atomic E-state index is 13.1. The Bertz CT molecular complexity index is 724. The number of carbonyl (C=O) groups excluding carboxylic acids is 3. The molecule has 1 heterocycles. The lowest BCUT2D eigenvalue weighted by Gasteiger charge is -2.27. The topological polar surface area (TPSA) is 201 Å². The van der Waals surface area contributed by atoms with E-state index in [4.69, 9.17) is 11.5 Å². The molecule has 3 amide bonds. The Morgan fingerprint density at radius 2 is 1.76 bits per heavy atom. The number of nitrogens with one attached hydrogen (secondary N) is 4. The second-order valence-electron chi connectivity index (χ2n) is 8.57. The summed E-state index contributed by atoms with van der Waals surface area (Å²) in [4.78, 5) is 54.0. The molecule has 1 saturated heterocycles.